The highest BCUT2D eigenvalue weighted by Gasteiger charge is 2.44. The first kappa shape index (κ1) is 16.3. The van der Waals surface area contributed by atoms with Crippen LogP contribution in [0.3, 0.4) is 0 Å². The summed E-state index contributed by atoms with van der Waals surface area (Å²) in [6, 6.07) is 15.5. The van der Waals surface area contributed by atoms with Crippen LogP contribution < -0.4 is 5.32 Å². The Bertz CT molecular complexity index is 935. The number of amides is 2. The molecule has 2 atom stereocenters. The van der Waals surface area contributed by atoms with E-state index in [1.165, 1.54) is 10.8 Å². The zero-order valence-corrected chi connectivity index (χ0v) is 15.2. The zero-order valence-electron chi connectivity index (χ0n) is 15.2. The Kier molecular flexibility index (Phi) is 4.03. The summed E-state index contributed by atoms with van der Waals surface area (Å²) in [7, 11) is 0. The molecule has 2 aliphatic rings. The van der Waals surface area contributed by atoms with E-state index in [0.29, 0.717) is 12.6 Å². The number of urea groups is 1. The molecule has 2 amide bonds. The summed E-state index contributed by atoms with van der Waals surface area (Å²) in [5.74, 6) is 0. The van der Waals surface area contributed by atoms with Gasteiger partial charge >= 0.3 is 6.03 Å². The van der Waals surface area contributed by atoms with Gasteiger partial charge in [-0.25, -0.2) is 4.79 Å². The fraction of sp³-hybridized carbons (Fsp3) is 0.381. The lowest BCUT2D eigenvalue weighted by atomic mass is 9.98. The Hall–Kier alpha value is -2.89. The number of piperidine rings is 1. The second kappa shape index (κ2) is 6.68. The standard InChI is InChI=1S/C21H23N5O/c27-21(22-14-16-6-3-5-15-4-1-2-7-20(15)16)25-17-8-9-18(25)13-19(12-17)26-23-10-11-24-26/h1-7,10-11,17-19H,8-9,12-14H2,(H,22,27). The summed E-state index contributed by atoms with van der Waals surface area (Å²) in [5.41, 5.74) is 1.16. The third kappa shape index (κ3) is 2.95. The normalized spacial score (nSPS) is 24.3. The van der Waals surface area contributed by atoms with Crippen LogP contribution >= 0.6 is 0 Å². The van der Waals surface area contributed by atoms with Gasteiger partial charge in [-0.05, 0) is 42.0 Å². The predicted molar refractivity (Wildman–Crippen MR) is 103 cm³/mol. The minimum Gasteiger partial charge on any atom is -0.334 e. The molecule has 5 rings (SSSR count). The molecule has 1 N–H and O–H groups in total. The number of rotatable bonds is 3. The first-order chi connectivity index (χ1) is 13.3. The first-order valence-corrected chi connectivity index (χ1v) is 9.68. The molecule has 0 aliphatic carbocycles. The third-order valence-corrected chi connectivity index (χ3v) is 6.02. The van der Waals surface area contributed by atoms with E-state index in [1.54, 1.807) is 12.4 Å². The lowest BCUT2D eigenvalue weighted by Gasteiger charge is -2.38. The number of benzene rings is 2. The van der Waals surface area contributed by atoms with Crippen molar-refractivity contribution in [3.8, 4) is 0 Å². The molecule has 138 valence electrons. The summed E-state index contributed by atoms with van der Waals surface area (Å²) in [5, 5.41) is 14.2. The van der Waals surface area contributed by atoms with Crippen LogP contribution in [0.15, 0.2) is 54.9 Å². The van der Waals surface area contributed by atoms with Crippen molar-refractivity contribution in [3.63, 3.8) is 0 Å². The number of aromatic nitrogens is 3. The van der Waals surface area contributed by atoms with Crippen LogP contribution in [0.1, 0.15) is 37.3 Å². The van der Waals surface area contributed by atoms with Crippen molar-refractivity contribution in [2.24, 2.45) is 0 Å². The molecule has 3 heterocycles. The lowest BCUT2D eigenvalue weighted by Crippen LogP contribution is -2.51. The van der Waals surface area contributed by atoms with Crippen LogP contribution in [0.4, 0.5) is 4.79 Å². The van der Waals surface area contributed by atoms with Crippen LogP contribution in [0.5, 0.6) is 0 Å². The van der Waals surface area contributed by atoms with E-state index < -0.39 is 0 Å². The van der Waals surface area contributed by atoms with E-state index >= 15 is 0 Å². The van der Waals surface area contributed by atoms with Gasteiger partial charge in [-0.2, -0.15) is 15.0 Å². The Morgan fingerprint density at radius 3 is 2.44 bits per heavy atom. The smallest absolute Gasteiger partial charge is 0.318 e. The van der Waals surface area contributed by atoms with Gasteiger partial charge in [-0.3, -0.25) is 0 Å². The maximum Gasteiger partial charge on any atom is 0.318 e. The molecule has 27 heavy (non-hydrogen) atoms. The molecule has 1 aromatic heterocycles. The van der Waals surface area contributed by atoms with E-state index in [-0.39, 0.29) is 18.1 Å². The number of hydrogen-bond acceptors (Lipinski definition) is 3. The second-order valence-corrected chi connectivity index (χ2v) is 7.56. The van der Waals surface area contributed by atoms with E-state index in [4.69, 9.17) is 0 Å². The van der Waals surface area contributed by atoms with Crippen molar-refractivity contribution >= 4 is 16.8 Å². The average Bonchev–Trinajstić information content (AvgIpc) is 3.33. The molecule has 2 unspecified atom stereocenters. The van der Waals surface area contributed by atoms with Crippen LogP contribution in [0, 0.1) is 0 Å². The number of fused-ring (bicyclic) bond motifs is 3. The molecule has 6 heteroatoms. The molecule has 2 aromatic carbocycles. The largest absolute Gasteiger partial charge is 0.334 e. The van der Waals surface area contributed by atoms with Crippen molar-refractivity contribution in [2.45, 2.75) is 50.4 Å². The quantitative estimate of drug-likeness (QED) is 0.776. The molecule has 2 aliphatic heterocycles. The van der Waals surface area contributed by atoms with Gasteiger partial charge in [0.05, 0.1) is 18.4 Å². The minimum atomic E-state index is 0.0577. The molecular formula is C21H23N5O. The highest BCUT2D eigenvalue weighted by atomic mass is 16.2. The van der Waals surface area contributed by atoms with Crippen LogP contribution in [0.2, 0.25) is 0 Å². The van der Waals surface area contributed by atoms with E-state index in [2.05, 4.69) is 50.7 Å². The number of carbonyl (C=O) groups excluding carboxylic acids is 1. The fourth-order valence-electron chi connectivity index (χ4n) is 4.79. The van der Waals surface area contributed by atoms with Crippen LogP contribution in [0.25, 0.3) is 10.8 Å². The summed E-state index contributed by atoms with van der Waals surface area (Å²) < 4.78 is 0. The van der Waals surface area contributed by atoms with Crippen molar-refractivity contribution in [1.82, 2.24) is 25.2 Å². The van der Waals surface area contributed by atoms with Gasteiger partial charge in [0.1, 0.15) is 0 Å². The minimum absolute atomic E-state index is 0.0577. The van der Waals surface area contributed by atoms with E-state index in [0.717, 1.165) is 31.2 Å². The molecule has 2 saturated heterocycles. The van der Waals surface area contributed by atoms with Gasteiger partial charge in [-0.15, -0.1) is 0 Å². The Morgan fingerprint density at radius 1 is 0.963 bits per heavy atom. The van der Waals surface area contributed by atoms with Gasteiger partial charge in [0.15, 0.2) is 0 Å². The van der Waals surface area contributed by atoms with Crippen molar-refractivity contribution in [1.29, 1.82) is 0 Å². The van der Waals surface area contributed by atoms with Gasteiger partial charge in [-0.1, -0.05) is 42.5 Å². The molecule has 0 saturated carbocycles. The van der Waals surface area contributed by atoms with E-state index in [9.17, 15) is 4.79 Å². The SMILES string of the molecule is O=C(NCc1cccc2ccccc12)N1C2CCC1CC(n1nccn1)C2. The summed E-state index contributed by atoms with van der Waals surface area (Å²) in [6.45, 7) is 0.556. The van der Waals surface area contributed by atoms with Gasteiger partial charge in [0.25, 0.3) is 0 Å². The molecule has 3 aromatic rings. The summed E-state index contributed by atoms with van der Waals surface area (Å²) >= 11 is 0. The highest BCUT2D eigenvalue weighted by Crippen LogP contribution is 2.40. The highest BCUT2D eigenvalue weighted by molar-refractivity contribution is 5.86. The average molecular weight is 361 g/mol. The molecule has 0 spiro atoms. The number of nitrogens with one attached hydrogen (secondary N) is 1. The van der Waals surface area contributed by atoms with Gasteiger partial charge in [0.2, 0.25) is 0 Å². The zero-order chi connectivity index (χ0) is 18.2. The topological polar surface area (TPSA) is 63.1 Å². The molecule has 0 radical (unpaired) electrons. The van der Waals surface area contributed by atoms with Gasteiger partial charge < -0.3 is 10.2 Å². The monoisotopic (exact) mass is 361 g/mol. The Morgan fingerprint density at radius 2 is 1.67 bits per heavy atom. The summed E-state index contributed by atoms with van der Waals surface area (Å²) in [4.78, 5) is 16.8. The number of nitrogens with zero attached hydrogens (tertiary/aromatic N) is 4. The molecule has 2 bridgehead atoms. The third-order valence-electron chi connectivity index (χ3n) is 6.02. The molecular weight excluding hydrogens is 338 g/mol. The van der Waals surface area contributed by atoms with Crippen molar-refractivity contribution in [2.75, 3.05) is 0 Å². The van der Waals surface area contributed by atoms with Crippen molar-refractivity contribution < 1.29 is 4.79 Å². The molecule has 6 nitrogen and oxygen atoms in total. The number of hydrogen-bond donors (Lipinski definition) is 1. The molecule has 2 fully saturated rings. The van der Waals surface area contributed by atoms with Gasteiger partial charge in [0, 0.05) is 18.6 Å². The second-order valence-electron chi connectivity index (χ2n) is 7.56. The Labute approximate surface area is 158 Å². The van der Waals surface area contributed by atoms with Crippen molar-refractivity contribution in [3.05, 3.63) is 60.4 Å². The fourth-order valence-corrected chi connectivity index (χ4v) is 4.79. The summed E-state index contributed by atoms with van der Waals surface area (Å²) in [6.07, 6.45) is 7.48. The predicted octanol–water partition coefficient (Wildman–Crippen LogP) is 3.51. The maximum absolute atomic E-state index is 12.9. The van der Waals surface area contributed by atoms with Crippen LogP contribution in [-0.4, -0.2) is 38.0 Å². The lowest BCUT2D eigenvalue weighted by molar-refractivity contribution is 0.115. The number of carbonyl (C=O) groups is 1. The van der Waals surface area contributed by atoms with Crippen LogP contribution in [-0.2, 0) is 6.54 Å². The van der Waals surface area contributed by atoms with E-state index in [1.807, 2.05) is 16.9 Å². The first-order valence-electron chi connectivity index (χ1n) is 9.68. The Balaban J connectivity index is 1.28. The maximum atomic E-state index is 12.9.